The van der Waals surface area contributed by atoms with Crippen LogP contribution in [0.3, 0.4) is 0 Å². The monoisotopic (exact) mass is 258 g/mol. The summed E-state index contributed by atoms with van der Waals surface area (Å²) >= 11 is 0. The summed E-state index contributed by atoms with van der Waals surface area (Å²) in [4.78, 5) is 25.6. The average Bonchev–Trinajstić information content (AvgIpc) is 2.40. The van der Waals surface area contributed by atoms with Crippen molar-refractivity contribution in [2.24, 2.45) is 0 Å². The second-order valence-corrected chi connectivity index (χ2v) is 4.10. The Bertz CT molecular complexity index is 662. The number of pyridine rings is 1. The molecule has 0 spiro atoms. The summed E-state index contributed by atoms with van der Waals surface area (Å²) < 4.78 is 5.20. The fourth-order valence-corrected chi connectivity index (χ4v) is 1.68. The minimum Gasteiger partial charge on any atom is -0.495 e. The first-order valence-electron chi connectivity index (χ1n) is 5.75. The van der Waals surface area contributed by atoms with E-state index in [9.17, 15) is 9.59 Å². The van der Waals surface area contributed by atoms with E-state index in [1.807, 2.05) is 19.1 Å². The molecule has 19 heavy (non-hydrogen) atoms. The van der Waals surface area contributed by atoms with Crippen molar-refractivity contribution in [2.75, 3.05) is 12.4 Å². The maximum absolute atomic E-state index is 12.0. The lowest BCUT2D eigenvalue weighted by Crippen LogP contribution is -2.16. The van der Waals surface area contributed by atoms with Gasteiger partial charge in [0.05, 0.1) is 12.8 Å². The zero-order valence-corrected chi connectivity index (χ0v) is 10.7. The third-order valence-corrected chi connectivity index (χ3v) is 2.64. The summed E-state index contributed by atoms with van der Waals surface area (Å²) in [5.74, 6) is 0.228. The van der Waals surface area contributed by atoms with Crippen LogP contribution in [0.15, 0.2) is 41.3 Å². The van der Waals surface area contributed by atoms with E-state index in [4.69, 9.17) is 4.74 Å². The molecule has 5 heteroatoms. The van der Waals surface area contributed by atoms with Gasteiger partial charge in [-0.05, 0) is 30.7 Å². The van der Waals surface area contributed by atoms with E-state index in [2.05, 4.69) is 10.3 Å². The second-order valence-electron chi connectivity index (χ2n) is 4.10. The Hall–Kier alpha value is -2.56. The predicted molar refractivity (Wildman–Crippen MR) is 72.7 cm³/mol. The average molecular weight is 258 g/mol. The second kappa shape index (κ2) is 5.39. The lowest BCUT2D eigenvalue weighted by Gasteiger charge is -2.10. The van der Waals surface area contributed by atoms with Crippen molar-refractivity contribution < 1.29 is 9.53 Å². The number of carbonyl (C=O) groups excluding carboxylic acids is 1. The van der Waals surface area contributed by atoms with Crippen molar-refractivity contribution in [1.29, 1.82) is 0 Å². The topological polar surface area (TPSA) is 71.2 Å². The van der Waals surface area contributed by atoms with Gasteiger partial charge in [0.1, 0.15) is 5.75 Å². The number of carbonyl (C=O) groups is 1. The Morgan fingerprint density at radius 1 is 1.26 bits per heavy atom. The van der Waals surface area contributed by atoms with Gasteiger partial charge in [-0.2, -0.15) is 0 Å². The fourth-order valence-electron chi connectivity index (χ4n) is 1.68. The van der Waals surface area contributed by atoms with Crippen LogP contribution in [-0.4, -0.2) is 18.0 Å². The van der Waals surface area contributed by atoms with E-state index >= 15 is 0 Å². The summed E-state index contributed by atoms with van der Waals surface area (Å²) in [6.45, 7) is 1.94. The number of H-pyrrole nitrogens is 1. The quantitative estimate of drug-likeness (QED) is 0.883. The molecule has 5 nitrogen and oxygen atoms in total. The number of aromatic amines is 1. The molecule has 0 radical (unpaired) electrons. The molecule has 1 heterocycles. The lowest BCUT2D eigenvalue weighted by atomic mass is 10.2. The zero-order valence-electron chi connectivity index (χ0n) is 10.7. The molecule has 0 saturated heterocycles. The maximum Gasteiger partial charge on any atom is 0.256 e. The minimum absolute atomic E-state index is 0.298. The van der Waals surface area contributed by atoms with E-state index in [1.54, 1.807) is 6.07 Å². The van der Waals surface area contributed by atoms with Gasteiger partial charge in [0.25, 0.3) is 5.91 Å². The SMILES string of the molecule is COc1cc(C)ccc1NC(=O)c1cc[nH]c(=O)c1. The first-order valence-corrected chi connectivity index (χ1v) is 5.75. The number of anilines is 1. The number of methoxy groups -OCH3 is 1. The van der Waals surface area contributed by atoms with Gasteiger partial charge in [-0.1, -0.05) is 6.07 Å². The number of nitrogens with one attached hydrogen (secondary N) is 2. The summed E-state index contributed by atoms with van der Waals surface area (Å²) in [5.41, 5.74) is 1.58. The highest BCUT2D eigenvalue weighted by atomic mass is 16.5. The molecule has 0 aliphatic heterocycles. The van der Waals surface area contributed by atoms with Crippen LogP contribution in [0.1, 0.15) is 15.9 Å². The number of ether oxygens (including phenoxy) is 1. The van der Waals surface area contributed by atoms with Gasteiger partial charge < -0.3 is 15.0 Å². The molecular formula is C14H14N2O3. The Morgan fingerprint density at radius 2 is 2.05 bits per heavy atom. The Kier molecular flexibility index (Phi) is 3.66. The molecule has 0 atom stereocenters. The maximum atomic E-state index is 12.0. The van der Waals surface area contributed by atoms with Crippen LogP contribution in [0.2, 0.25) is 0 Å². The number of benzene rings is 1. The van der Waals surface area contributed by atoms with Crippen molar-refractivity contribution >= 4 is 11.6 Å². The number of aromatic nitrogens is 1. The molecule has 2 N–H and O–H groups in total. The van der Waals surface area contributed by atoms with E-state index in [0.29, 0.717) is 17.0 Å². The van der Waals surface area contributed by atoms with E-state index in [-0.39, 0.29) is 11.5 Å². The van der Waals surface area contributed by atoms with Crippen LogP contribution in [-0.2, 0) is 0 Å². The number of aryl methyl sites for hydroxylation is 1. The molecular weight excluding hydrogens is 244 g/mol. The van der Waals surface area contributed by atoms with E-state index in [1.165, 1.54) is 25.4 Å². The summed E-state index contributed by atoms with van der Waals surface area (Å²) in [7, 11) is 1.54. The van der Waals surface area contributed by atoms with Crippen LogP contribution in [0.25, 0.3) is 0 Å². The zero-order chi connectivity index (χ0) is 13.8. The van der Waals surface area contributed by atoms with Crippen molar-refractivity contribution in [2.45, 2.75) is 6.92 Å². The van der Waals surface area contributed by atoms with Gasteiger partial charge in [0.2, 0.25) is 5.56 Å². The molecule has 0 aliphatic carbocycles. The van der Waals surface area contributed by atoms with Gasteiger partial charge in [0, 0.05) is 17.8 Å². The smallest absolute Gasteiger partial charge is 0.256 e. The largest absolute Gasteiger partial charge is 0.495 e. The van der Waals surface area contributed by atoms with Crippen molar-refractivity contribution in [3.8, 4) is 5.75 Å². The van der Waals surface area contributed by atoms with Crippen LogP contribution in [0.5, 0.6) is 5.75 Å². The molecule has 0 aliphatic rings. The highest BCUT2D eigenvalue weighted by Crippen LogP contribution is 2.25. The number of amides is 1. The van der Waals surface area contributed by atoms with E-state index < -0.39 is 0 Å². The van der Waals surface area contributed by atoms with Gasteiger partial charge >= 0.3 is 0 Å². The molecule has 1 amide bonds. The minimum atomic E-state index is -0.353. The molecule has 0 bridgehead atoms. The van der Waals surface area contributed by atoms with Crippen molar-refractivity contribution in [1.82, 2.24) is 4.98 Å². The molecule has 1 aromatic heterocycles. The third kappa shape index (κ3) is 3.01. The number of hydrogen-bond donors (Lipinski definition) is 2. The predicted octanol–water partition coefficient (Wildman–Crippen LogP) is 1.94. The van der Waals surface area contributed by atoms with E-state index in [0.717, 1.165) is 5.56 Å². The molecule has 98 valence electrons. The van der Waals surface area contributed by atoms with Gasteiger partial charge in [-0.25, -0.2) is 0 Å². The normalized spacial score (nSPS) is 10.0. The molecule has 2 rings (SSSR count). The van der Waals surface area contributed by atoms with Crippen LogP contribution >= 0.6 is 0 Å². The molecule has 2 aromatic rings. The first kappa shape index (κ1) is 12.9. The molecule has 0 fully saturated rings. The van der Waals surface area contributed by atoms with Gasteiger partial charge in [0.15, 0.2) is 0 Å². The van der Waals surface area contributed by atoms with Crippen LogP contribution in [0, 0.1) is 6.92 Å². The fraction of sp³-hybridized carbons (Fsp3) is 0.143. The Balaban J connectivity index is 2.26. The summed E-state index contributed by atoms with van der Waals surface area (Å²) in [5, 5.41) is 2.72. The molecule has 1 aromatic carbocycles. The summed E-state index contributed by atoms with van der Waals surface area (Å²) in [6.07, 6.45) is 1.43. The first-order chi connectivity index (χ1) is 9.10. The molecule has 0 unspecified atom stereocenters. The number of hydrogen-bond acceptors (Lipinski definition) is 3. The standard InChI is InChI=1S/C14H14N2O3/c1-9-3-4-11(12(7-9)19-2)16-14(18)10-5-6-15-13(17)8-10/h3-8H,1-2H3,(H,15,17)(H,16,18). The Labute approximate surface area is 110 Å². The molecule has 0 saturated carbocycles. The van der Waals surface area contributed by atoms with Crippen molar-refractivity contribution in [3.63, 3.8) is 0 Å². The number of rotatable bonds is 3. The van der Waals surface area contributed by atoms with Gasteiger partial charge in [-0.3, -0.25) is 9.59 Å². The highest BCUT2D eigenvalue weighted by Gasteiger charge is 2.10. The van der Waals surface area contributed by atoms with Crippen LogP contribution < -0.4 is 15.6 Å². The van der Waals surface area contributed by atoms with Crippen molar-refractivity contribution in [3.05, 3.63) is 58.0 Å². The third-order valence-electron chi connectivity index (χ3n) is 2.64. The lowest BCUT2D eigenvalue weighted by molar-refractivity contribution is 0.102. The van der Waals surface area contributed by atoms with Gasteiger partial charge in [-0.15, -0.1) is 0 Å². The van der Waals surface area contributed by atoms with Crippen LogP contribution in [0.4, 0.5) is 5.69 Å². The highest BCUT2D eigenvalue weighted by molar-refractivity contribution is 6.04. The summed E-state index contributed by atoms with van der Waals surface area (Å²) in [6, 6.07) is 8.25. The Morgan fingerprint density at radius 3 is 2.74 bits per heavy atom.